The van der Waals surface area contributed by atoms with Crippen LogP contribution in [0.1, 0.15) is 39.5 Å². The first-order valence-electron chi connectivity index (χ1n) is 9.69. The number of benzene rings is 2. The maximum atomic E-state index is 11.8. The van der Waals surface area contributed by atoms with E-state index in [0.29, 0.717) is 23.4 Å². The molecular formula is C24H22N4O. The number of nitriles is 1. The van der Waals surface area contributed by atoms with Gasteiger partial charge >= 0.3 is 0 Å². The zero-order valence-electron chi connectivity index (χ0n) is 16.4. The van der Waals surface area contributed by atoms with E-state index in [2.05, 4.69) is 51.6 Å². The Kier molecular flexibility index (Phi) is 5.26. The molecule has 0 radical (unpaired) electrons. The number of carbonyl (C=O) groups excluding carboxylic acids is 1. The largest absolute Gasteiger partial charge is 0.380 e. The van der Waals surface area contributed by atoms with Gasteiger partial charge in [-0.3, -0.25) is 4.79 Å². The van der Waals surface area contributed by atoms with Crippen molar-refractivity contribution >= 4 is 17.3 Å². The molecule has 0 spiro atoms. The van der Waals surface area contributed by atoms with Crippen molar-refractivity contribution in [2.45, 2.75) is 26.4 Å². The maximum absolute atomic E-state index is 11.8. The van der Waals surface area contributed by atoms with Gasteiger partial charge in [-0.2, -0.15) is 5.26 Å². The summed E-state index contributed by atoms with van der Waals surface area (Å²) < 4.78 is 0. The lowest BCUT2D eigenvalue weighted by Crippen LogP contribution is -2.30. The van der Waals surface area contributed by atoms with Crippen LogP contribution in [0.3, 0.4) is 0 Å². The van der Waals surface area contributed by atoms with Crippen LogP contribution >= 0.6 is 0 Å². The first-order chi connectivity index (χ1) is 14.1. The fourth-order valence-corrected chi connectivity index (χ4v) is 3.66. The van der Waals surface area contributed by atoms with Crippen molar-refractivity contribution in [2.75, 3.05) is 16.8 Å². The van der Waals surface area contributed by atoms with Crippen LogP contribution in [0.25, 0.3) is 0 Å². The van der Waals surface area contributed by atoms with Gasteiger partial charge in [0, 0.05) is 37.1 Å². The predicted octanol–water partition coefficient (Wildman–Crippen LogP) is 4.33. The molecule has 3 aromatic rings. The number of Topliss-reactive ketones (excluding diaryl/α,β-unsaturated/α-hetero) is 1. The van der Waals surface area contributed by atoms with Crippen LogP contribution in [-0.2, 0) is 19.5 Å². The van der Waals surface area contributed by atoms with Gasteiger partial charge in [-0.05, 0) is 54.3 Å². The maximum Gasteiger partial charge on any atom is 0.161 e. The molecular weight excluding hydrogens is 360 g/mol. The Balaban J connectivity index is 1.45. The lowest BCUT2D eigenvalue weighted by molar-refractivity contribution is 0.101. The van der Waals surface area contributed by atoms with Crippen molar-refractivity contribution in [3.05, 3.63) is 88.6 Å². The molecule has 0 amide bonds. The van der Waals surface area contributed by atoms with Gasteiger partial charge in [0.2, 0.25) is 0 Å². The van der Waals surface area contributed by atoms with Gasteiger partial charge < -0.3 is 10.2 Å². The van der Waals surface area contributed by atoms with Gasteiger partial charge in [0.25, 0.3) is 0 Å². The highest BCUT2D eigenvalue weighted by atomic mass is 16.1. The molecule has 144 valence electrons. The highest BCUT2D eigenvalue weighted by molar-refractivity contribution is 5.99. The van der Waals surface area contributed by atoms with E-state index in [0.717, 1.165) is 30.9 Å². The average Bonchev–Trinajstić information content (AvgIpc) is 2.77. The fourth-order valence-electron chi connectivity index (χ4n) is 3.66. The van der Waals surface area contributed by atoms with Crippen molar-refractivity contribution in [2.24, 2.45) is 0 Å². The lowest BCUT2D eigenvalue weighted by Gasteiger charge is -2.29. The van der Waals surface area contributed by atoms with E-state index in [1.807, 2.05) is 12.3 Å². The Bertz CT molecular complexity index is 1080. The molecule has 0 fully saturated rings. The first kappa shape index (κ1) is 18.7. The summed E-state index contributed by atoms with van der Waals surface area (Å²) in [4.78, 5) is 18.8. The van der Waals surface area contributed by atoms with Crippen LogP contribution in [0.5, 0.6) is 0 Å². The van der Waals surface area contributed by atoms with Gasteiger partial charge in [0.05, 0.1) is 11.6 Å². The molecule has 0 atom stereocenters. The van der Waals surface area contributed by atoms with Gasteiger partial charge in [-0.1, -0.05) is 30.3 Å². The van der Waals surface area contributed by atoms with Gasteiger partial charge in [0.15, 0.2) is 5.78 Å². The Morgan fingerprint density at radius 1 is 1.17 bits per heavy atom. The third-order valence-corrected chi connectivity index (χ3v) is 5.27. The minimum Gasteiger partial charge on any atom is -0.380 e. The van der Waals surface area contributed by atoms with Crippen molar-refractivity contribution in [3.63, 3.8) is 0 Å². The number of anilines is 2. The normalized spacial score (nSPS) is 12.8. The number of fused-ring (bicyclic) bond motifs is 1. The van der Waals surface area contributed by atoms with E-state index >= 15 is 0 Å². The molecule has 1 aliphatic heterocycles. The minimum absolute atomic E-state index is 0.0316. The summed E-state index contributed by atoms with van der Waals surface area (Å²) >= 11 is 0. The van der Waals surface area contributed by atoms with Gasteiger partial charge in [0.1, 0.15) is 5.82 Å². The Morgan fingerprint density at radius 3 is 2.72 bits per heavy atom. The van der Waals surface area contributed by atoms with Crippen molar-refractivity contribution < 1.29 is 4.79 Å². The number of rotatable bonds is 5. The average molecular weight is 382 g/mol. The summed E-state index contributed by atoms with van der Waals surface area (Å²) in [5, 5.41) is 12.4. The quantitative estimate of drug-likeness (QED) is 0.665. The number of hydrogen-bond donors (Lipinski definition) is 1. The highest BCUT2D eigenvalue weighted by Gasteiger charge is 2.16. The third-order valence-electron chi connectivity index (χ3n) is 5.27. The van der Waals surface area contributed by atoms with Crippen LogP contribution < -0.4 is 10.2 Å². The predicted molar refractivity (Wildman–Crippen MR) is 114 cm³/mol. The number of carbonyl (C=O) groups is 1. The number of nitrogens with one attached hydrogen (secondary N) is 1. The van der Waals surface area contributed by atoms with E-state index in [4.69, 9.17) is 5.26 Å². The topological polar surface area (TPSA) is 69.0 Å². The SMILES string of the molecule is CC(=O)c1ccc(C#N)cc1NCc1ccc(N2CCc3ccccc3C2)nc1. The summed E-state index contributed by atoms with van der Waals surface area (Å²) in [6.07, 6.45) is 2.90. The molecule has 0 saturated heterocycles. The number of nitrogens with zero attached hydrogens (tertiary/aromatic N) is 3. The van der Waals surface area contributed by atoms with E-state index in [1.165, 1.54) is 18.1 Å². The summed E-state index contributed by atoms with van der Waals surface area (Å²) in [5.74, 6) is 0.940. The summed E-state index contributed by atoms with van der Waals surface area (Å²) in [6, 6.07) is 19.8. The molecule has 1 aliphatic rings. The number of pyridine rings is 1. The smallest absolute Gasteiger partial charge is 0.161 e. The molecule has 0 saturated carbocycles. The molecule has 29 heavy (non-hydrogen) atoms. The minimum atomic E-state index is -0.0316. The summed E-state index contributed by atoms with van der Waals surface area (Å²) in [7, 11) is 0. The molecule has 0 aliphatic carbocycles. The highest BCUT2D eigenvalue weighted by Crippen LogP contribution is 2.24. The first-order valence-corrected chi connectivity index (χ1v) is 9.69. The second-order valence-corrected chi connectivity index (χ2v) is 7.25. The van der Waals surface area contributed by atoms with E-state index in [1.54, 1.807) is 18.2 Å². The molecule has 5 heteroatoms. The second-order valence-electron chi connectivity index (χ2n) is 7.25. The summed E-state index contributed by atoms with van der Waals surface area (Å²) in [6.45, 7) is 3.90. The van der Waals surface area contributed by atoms with Crippen LogP contribution in [0.2, 0.25) is 0 Å². The fraction of sp³-hybridized carbons (Fsp3) is 0.208. The number of ketones is 1. The van der Waals surface area contributed by atoms with Crippen molar-refractivity contribution in [1.29, 1.82) is 5.26 Å². The van der Waals surface area contributed by atoms with Crippen molar-refractivity contribution in [1.82, 2.24) is 4.98 Å². The molecule has 2 aromatic carbocycles. The van der Waals surface area contributed by atoms with E-state index in [9.17, 15) is 4.79 Å². The lowest BCUT2D eigenvalue weighted by atomic mass is 10.00. The molecule has 4 rings (SSSR count). The molecule has 1 aromatic heterocycles. The van der Waals surface area contributed by atoms with Crippen LogP contribution in [-0.4, -0.2) is 17.3 Å². The Labute approximate surface area is 170 Å². The zero-order chi connectivity index (χ0) is 20.2. The third kappa shape index (κ3) is 4.12. The van der Waals surface area contributed by atoms with Crippen LogP contribution in [0, 0.1) is 11.3 Å². The number of aromatic nitrogens is 1. The monoisotopic (exact) mass is 382 g/mol. The van der Waals surface area contributed by atoms with E-state index in [-0.39, 0.29) is 5.78 Å². The Hall–Kier alpha value is -3.65. The molecule has 2 heterocycles. The van der Waals surface area contributed by atoms with Crippen LogP contribution in [0.15, 0.2) is 60.8 Å². The zero-order valence-corrected chi connectivity index (χ0v) is 16.4. The molecule has 0 unspecified atom stereocenters. The second kappa shape index (κ2) is 8.15. The van der Waals surface area contributed by atoms with Gasteiger partial charge in [-0.15, -0.1) is 0 Å². The number of hydrogen-bond acceptors (Lipinski definition) is 5. The molecule has 5 nitrogen and oxygen atoms in total. The summed E-state index contributed by atoms with van der Waals surface area (Å²) in [5.41, 5.74) is 5.58. The molecule has 0 bridgehead atoms. The van der Waals surface area contributed by atoms with E-state index < -0.39 is 0 Å². The standard InChI is InChI=1S/C24H22N4O/c1-17(29)22-8-6-18(13-25)12-23(22)26-14-19-7-9-24(27-15-19)28-11-10-20-4-2-3-5-21(20)16-28/h2-9,12,15,26H,10-11,14,16H2,1H3. The molecule has 1 N–H and O–H groups in total. The van der Waals surface area contributed by atoms with Crippen molar-refractivity contribution in [3.8, 4) is 6.07 Å². The van der Waals surface area contributed by atoms with Gasteiger partial charge in [-0.25, -0.2) is 4.98 Å². The Morgan fingerprint density at radius 2 is 2.00 bits per heavy atom. The van der Waals surface area contributed by atoms with Crippen LogP contribution in [0.4, 0.5) is 11.5 Å².